The standard InChI is InChI=1S/C11H11BrClF3O/c12-10-3-1-8(2-4-10)9(5-13)6-17-7-11(14,15)16/h1-4,9H,5-7H2. The van der Waals surface area contributed by atoms with Crippen LogP contribution in [0.5, 0.6) is 0 Å². The van der Waals surface area contributed by atoms with Gasteiger partial charge in [0.25, 0.3) is 0 Å². The van der Waals surface area contributed by atoms with Crippen molar-refractivity contribution in [2.24, 2.45) is 0 Å². The lowest BCUT2D eigenvalue weighted by Gasteiger charge is -2.15. The fourth-order valence-corrected chi connectivity index (χ4v) is 1.81. The van der Waals surface area contributed by atoms with Crippen LogP contribution in [0.1, 0.15) is 11.5 Å². The third kappa shape index (κ3) is 5.75. The van der Waals surface area contributed by atoms with E-state index < -0.39 is 12.8 Å². The first-order valence-corrected chi connectivity index (χ1v) is 6.21. The third-order valence-electron chi connectivity index (χ3n) is 2.11. The molecule has 17 heavy (non-hydrogen) atoms. The molecule has 1 unspecified atom stereocenters. The number of hydrogen-bond acceptors (Lipinski definition) is 1. The Bertz CT molecular complexity index is 340. The Hall–Kier alpha value is -0.260. The molecule has 0 aliphatic heterocycles. The van der Waals surface area contributed by atoms with E-state index in [1.807, 2.05) is 24.3 Å². The summed E-state index contributed by atoms with van der Waals surface area (Å²) < 4.78 is 41.2. The summed E-state index contributed by atoms with van der Waals surface area (Å²) in [5.41, 5.74) is 0.866. The van der Waals surface area contributed by atoms with E-state index in [2.05, 4.69) is 20.7 Å². The maximum absolute atomic E-state index is 11.9. The van der Waals surface area contributed by atoms with E-state index in [-0.39, 0.29) is 18.4 Å². The van der Waals surface area contributed by atoms with Crippen LogP contribution in [-0.2, 0) is 4.74 Å². The highest BCUT2D eigenvalue weighted by atomic mass is 79.9. The second-order valence-corrected chi connectivity index (χ2v) is 4.76. The van der Waals surface area contributed by atoms with Crippen molar-refractivity contribution in [1.82, 2.24) is 0 Å². The van der Waals surface area contributed by atoms with Gasteiger partial charge in [-0.2, -0.15) is 13.2 Å². The fraction of sp³-hybridized carbons (Fsp3) is 0.455. The minimum absolute atomic E-state index is 0.0371. The maximum atomic E-state index is 11.9. The van der Waals surface area contributed by atoms with Crippen molar-refractivity contribution in [3.63, 3.8) is 0 Å². The molecule has 0 saturated carbocycles. The summed E-state index contributed by atoms with van der Waals surface area (Å²) in [6.45, 7) is -1.28. The molecule has 0 fully saturated rings. The zero-order chi connectivity index (χ0) is 12.9. The van der Waals surface area contributed by atoms with E-state index in [4.69, 9.17) is 11.6 Å². The molecule has 96 valence electrons. The minimum atomic E-state index is -4.30. The number of hydrogen-bond donors (Lipinski definition) is 0. The van der Waals surface area contributed by atoms with Gasteiger partial charge in [-0.1, -0.05) is 28.1 Å². The van der Waals surface area contributed by atoms with Gasteiger partial charge in [0.1, 0.15) is 6.61 Å². The van der Waals surface area contributed by atoms with Crippen LogP contribution in [0.25, 0.3) is 0 Å². The molecule has 1 rings (SSSR count). The van der Waals surface area contributed by atoms with Gasteiger partial charge in [-0.05, 0) is 17.7 Å². The van der Waals surface area contributed by atoms with Gasteiger partial charge in [0.15, 0.2) is 0 Å². The smallest absolute Gasteiger partial charge is 0.371 e. The summed E-state index contributed by atoms with van der Waals surface area (Å²) in [5.74, 6) is -0.00781. The molecule has 1 nitrogen and oxygen atoms in total. The van der Waals surface area contributed by atoms with Crippen molar-refractivity contribution in [2.45, 2.75) is 12.1 Å². The van der Waals surface area contributed by atoms with Crippen LogP contribution >= 0.6 is 27.5 Å². The lowest BCUT2D eigenvalue weighted by Crippen LogP contribution is -2.20. The Kier molecular flexibility index (Phi) is 5.76. The molecule has 1 atom stereocenters. The van der Waals surface area contributed by atoms with Crippen LogP contribution in [0.3, 0.4) is 0 Å². The van der Waals surface area contributed by atoms with Crippen molar-refractivity contribution in [1.29, 1.82) is 0 Å². The first-order valence-electron chi connectivity index (χ1n) is 4.88. The largest absolute Gasteiger partial charge is 0.411 e. The molecule has 0 aliphatic rings. The molecule has 0 bridgehead atoms. The van der Waals surface area contributed by atoms with Crippen molar-refractivity contribution in [3.05, 3.63) is 34.3 Å². The van der Waals surface area contributed by atoms with Crippen LogP contribution in [0.4, 0.5) is 13.2 Å². The predicted octanol–water partition coefficient (Wildman–Crippen LogP) is 4.35. The number of alkyl halides is 4. The second kappa shape index (κ2) is 6.61. The predicted molar refractivity (Wildman–Crippen MR) is 64.5 cm³/mol. The molecule has 0 saturated heterocycles. The first kappa shape index (κ1) is 14.8. The van der Waals surface area contributed by atoms with Crippen LogP contribution in [0.15, 0.2) is 28.7 Å². The second-order valence-electron chi connectivity index (χ2n) is 3.53. The van der Waals surface area contributed by atoms with Gasteiger partial charge in [-0.3, -0.25) is 0 Å². The number of halogens is 5. The summed E-state index contributed by atoms with van der Waals surface area (Å²) in [6, 6.07) is 7.26. The summed E-state index contributed by atoms with van der Waals surface area (Å²) in [5, 5.41) is 0. The van der Waals surface area contributed by atoms with E-state index >= 15 is 0 Å². The Balaban J connectivity index is 2.51. The van der Waals surface area contributed by atoms with Gasteiger partial charge >= 0.3 is 6.18 Å². The van der Waals surface area contributed by atoms with Crippen LogP contribution in [0, 0.1) is 0 Å². The van der Waals surface area contributed by atoms with Gasteiger partial charge in [0, 0.05) is 16.3 Å². The van der Waals surface area contributed by atoms with Crippen molar-refractivity contribution < 1.29 is 17.9 Å². The Morgan fingerprint density at radius 3 is 2.29 bits per heavy atom. The molecule has 0 amide bonds. The molecule has 0 N–H and O–H groups in total. The highest BCUT2D eigenvalue weighted by molar-refractivity contribution is 9.10. The summed E-state index contributed by atoms with van der Waals surface area (Å²) in [4.78, 5) is 0. The van der Waals surface area contributed by atoms with Crippen LogP contribution in [-0.4, -0.2) is 25.3 Å². The Morgan fingerprint density at radius 2 is 1.82 bits per heavy atom. The molecule has 1 aromatic rings. The number of rotatable bonds is 5. The number of benzene rings is 1. The normalized spacial score (nSPS) is 13.7. The SMILES string of the molecule is FC(F)(F)COCC(CCl)c1ccc(Br)cc1. The van der Waals surface area contributed by atoms with Crippen molar-refractivity contribution >= 4 is 27.5 Å². The van der Waals surface area contributed by atoms with E-state index in [1.54, 1.807) is 0 Å². The van der Waals surface area contributed by atoms with Crippen molar-refractivity contribution in [2.75, 3.05) is 19.1 Å². The van der Waals surface area contributed by atoms with Gasteiger partial charge in [-0.25, -0.2) is 0 Å². The van der Waals surface area contributed by atoms with Crippen molar-refractivity contribution in [3.8, 4) is 0 Å². The van der Waals surface area contributed by atoms with Crippen LogP contribution < -0.4 is 0 Å². The van der Waals surface area contributed by atoms with Gasteiger partial charge < -0.3 is 4.74 Å². The highest BCUT2D eigenvalue weighted by Gasteiger charge is 2.28. The Morgan fingerprint density at radius 1 is 1.24 bits per heavy atom. The molecule has 6 heteroatoms. The summed E-state index contributed by atoms with van der Waals surface area (Å²) in [7, 11) is 0. The van der Waals surface area contributed by atoms with E-state index in [0.29, 0.717) is 0 Å². The van der Waals surface area contributed by atoms with E-state index in [0.717, 1.165) is 10.0 Å². The molecule has 0 spiro atoms. The van der Waals surface area contributed by atoms with E-state index in [1.165, 1.54) is 0 Å². The molecular formula is C11H11BrClF3O. The first-order chi connectivity index (χ1) is 7.92. The molecule has 0 radical (unpaired) electrons. The van der Waals surface area contributed by atoms with Gasteiger partial charge in [-0.15, -0.1) is 11.6 Å². The molecular weight excluding hydrogens is 320 g/mol. The fourth-order valence-electron chi connectivity index (χ4n) is 1.28. The average molecular weight is 332 g/mol. The van der Waals surface area contributed by atoms with Crippen LogP contribution in [0.2, 0.25) is 0 Å². The molecule has 0 aromatic heterocycles. The number of ether oxygens (including phenoxy) is 1. The lowest BCUT2D eigenvalue weighted by molar-refractivity contribution is -0.174. The molecule has 0 heterocycles. The maximum Gasteiger partial charge on any atom is 0.411 e. The topological polar surface area (TPSA) is 9.23 Å². The quantitative estimate of drug-likeness (QED) is 0.729. The molecule has 1 aromatic carbocycles. The summed E-state index contributed by atoms with van der Waals surface area (Å²) in [6.07, 6.45) is -4.30. The average Bonchev–Trinajstić information content (AvgIpc) is 2.24. The lowest BCUT2D eigenvalue weighted by atomic mass is 10.0. The minimum Gasteiger partial charge on any atom is -0.371 e. The van der Waals surface area contributed by atoms with E-state index in [9.17, 15) is 13.2 Å². The van der Waals surface area contributed by atoms with Gasteiger partial charge in [0.2, 0.25) is 0 Å². The third-order valence-corrected chi connectivity index (χ3v) is 3.01. The zero-order valence-electron chi connectivity index (χ0n) is 8.81. The summed E-state index contributed by atoms with van der Waals surface area (Å²) >= 11 is 9.00. The Labute approximate surface area is 111 Å². The van der Waals surface area contributed by atoms with Gasteiger partial charge in [0.05, 0.1) is 6.61 Å². The monoisotopic (exact) mass is 330 g/mol. The molecule has 0 aliphatic carbocycles. The zero-order valence-corrected chi connectivity index (χ0v) is 11.1. The highest BCUT2D eigenvalue weighted by Crippen LogP contribution is 2.22.